The molecule has 36 heavy (non-hydrogen) atoms. The lowest BCUT2D eigenvalue weighted by atomic mass is 9.86. The number of Topliss-reactive ketones (excluding diaryl/α,β-unsaturated/α-hetero) is 1. The number of hydrogen-bond acceptors (Lipinski definition) is 6. The van der Waals surface area contributed by atoms with Gasteiger partial charge in [0.2, 0.25) is 5.91 Å². The minimum absolute atomic E-state index is 0.0234. The predicted molar refractivity (Wildman–Crippen MR) is 145 cm³/mol. The topological polar surface area (TPSA) is 102 Å². The zero-order valence-electron chi connectivity index (χ0n) is 21.5. The summed E-state index contributed by atoms with van der Waals surface area (Å²) in [4.78, 5) is 31.3. The van der Waals surface area contributed by atoms with Crippen molar-refractivity contribution in [3.8, 4) is 0 Å². The molecule has 9 heteroatoms. The van der Waals surface area contributed by atoms with Crippen molar-refractivity contribution in [3.63, 3.8) is 0 Å². The summed E-state index contributed by atoms with van der Waals surface area (Å²) < 4.78 is 35.6. The van der Waals surface area contributed by atoms with Crippen LogP contribution in [0.3, 0.4) is 0 Å². The number of likely N-dealkylation sites (N-methyl/N-ethyl adjacent to an activating group) is 1. The summed E-state index contributed by atoms with van der Waals surface area (Å²) in [6.45, 7) is 6.75. The van der Waals surface area contributed by atoms with Crippen LogP contribution in [0.15, 0.2) is 47.5 Å². The first kappa shape index (κ1) is 28.0. The molecular weight excluding hydrogens is 481 g/mol. The van der Waals surface area contributed by atoms with Crippen LogP contribution in [0.25, 0.3) is 0 Å². The van der Waals surface area contributed by atoms with E-state index in [1.807, 2.05) is 18.2 Å². The van der Waals surface area contributed by atoms with E-state index >= 15 is 0 Å². The summed E-state index contributed by atoms with van der Waals surface area (Å²) >= 11 is 0. The van der Waals surface area contributed by atoms with Crippen LogP contribution in [0.2, 0.25) is 0 Å². The summed E-state index contributed by atoms with van der Waals surface area (Å²) in [5.41, 5.74) is 2.83. The number of amides is 1. The summed E-state index contributed by atoms with van der Waals surface area (Å²) in [5.74, 6) is -2.13. The Morgan fingerprint density at radius 2 is 1.89 bits per heavy atom. The zero-order chi connectivity index (χ0) is 26.7. The molecule has 0 aromatic heterocycles. The third-order valence-corrected chi connectivity index (χ3v) is 7.66. The summed E-state index contributed by atoms with van der Waals surface area (Å²) in [7, 11) is 0.460. The molecule has 196 valence electrons. The van der Waals surface area contributed by atoms with E-state index < -0.39 is 22.3 Å². The Balaban J connectivity index is 1.74. The van der Waals surface area contributed by atoms with Crippen molar-refractivity contribution in [2.24, 2.45) is 10.9 Å². The van der Waals surface area contributed by atoms with Crippen LogP contribution in [0.4, 0.5) is 10.1 Å². The van der Waals surface area contributed by atoms with Gasteiger partial charge < -0.3 is 10.2 Å². The number of nitrogens with zero attached hydrogens (tertiary/aromatic N) is 2. The van der Waals surface area contributed by atoms with Crippen LogP contribution in [-0.4, -0.2) is 63.6 Å². The predicted octanol–water partition coefficient (Wildman–Crippen LogP) is 4.76. The lowest BCUT2D eigenvalue weighted by Gasteiger charge is -2.39. The normalized spacial score (nSPS) is 20.0. The Morgan fingerprint density at radius 3 is 2.53 bits per heavy atom. The molecule has 7 nitrogen and oxygen atoms in total. The van der Waals surface area contributed by atoms with Crippen molar-refractivity contribution in [2.75, 3.05) is 37.5 Å². The Labute approximate surface area is 214 Å². The fourth-order valence-electron chi connectivity index (χ4n) is 4.13. The van der Waals surface area contributed by atoms with Gasteiger partial charge in [0.1, 0.15) is 5.82 Å². The van der Waals surface area contributed by atoms with Gasteiger partial charge in [-0.3, -0.25) is 23.7 Å². The van der Waals surface area contributed by atoms with Crippen molar-refractivity contribution in [1.82, 2.24) is 4.90 Å². The monoisotopic (exact) mass is 517 g/mol. The van der Waals surface area contributed by atoms with Crippen molar-refractivity contribution < 1.29 is 23.1 Å². The van der Waals surface area contributed by atoms with Crippen molar-refractivity contribution >= 4 is 33.7 Å². The van der Waals surface area contributed by atoms with Gasteiger partial charge in [0.05, 0.1) is 30.2 Å². The number of halogens is 1. The van der Waals surface area contributed by atoms with E-state index in [9.17, 15) is 23.1 Å². The van der Waals surface area contributed by atoms with Crippen LogP contribution in [0, 0.1) is 11.7 Å². The number of benzene rings is 2. The molecule has 1 aliphatic rings. The molecule has 2 aromatic carbocycles. The molecule has 0 saturated carbocycles. The van der Waals surface area contributed by atoms with E-state index in [1.165, 1.54) is 12.1 Å². The number of ketones is 1. The standard InChI is InChI=1S/C27H36FN3O4S/c1-27(2,3)21-8-6-7-19(12-21)14-29-24-17-36(34,35)16-20(26(24)33)11-18-9-10-23(22(28)13-18)30-25(32)15-31(4)5/h6-10,12-13,20,34-35H,11,14-17H2,1-5H3,(H,30,32)/t20-/m1/s1. The Hall–Kier alpha value is -2.59. The van der Waals surface area contributed by atoms with E-state index in [-0.39, 0.29) is 59.5 Å². The molecular formula is C27H36FN3O4S. The highest BCUT2D eigenvalue weighted by Crippen LogP contribution is 2.45. The molecule has 1 fully saturated rings. The van der Waals surface area contributed by atoms with Gasteiger partial charge in [0, 0.05) is 11.7 Å². The van der Waals surface area contributed by atoms with Crippen LogP contribution >= 0.6 is 10.6 Å². The highest BCUT2D eigenvalue weighted by atomic mass is 32.3. The van der Waals surface area contributed by atoms with Crippen molar-refractivity contribution in [1.29, 1.82) is 0 Å². The van der Waals surface area contributed by atoms with E-state index in [0.29, 0.717) is 5.56 Å². The fraction of sp³-hybridized carbons (Fsp3) is 0.444. The van der Waals surface area contributed by atoms with E-state index in [1.54, 1.807) is 25.1 Å². The molecule has 0 unspecified atom stereocenters. The van der Waals surface area contributed by atoms with Crippen molar-refractivity contribution in [2.45, 2.75) is 39.2 Å². The number of anilines is 1. The maximum Gasteiger partial charge on any atom is 0.238 e. The number of rotatable bonds is 7. The van der Waals surface area contributed by atoms with Gasteiger partial charge in [-0.25, -0.2) is 4.39 Å². The molecule has 2 aromatic rings. The molecule has 1 aliphatic heterocycles. The highest BCUT2D eigenvalue weighted by molar-refractivity contribution is 8.25. The molecule has 1 amide bonds. The summed E-state index contributed by atoms with van der Waals surface area (Å²) in [6.07, 6.45) is 0.149. The number of nitrogens with one attached hydrogen (secondary N) is 1. The SMILES string of the molecule is CN(C)CC(=O)Nc1ccc(C[C@@H]2CS(O)(O)CC(=NCc3cccc(C(C)(C)C)c3)C2=O)cc1F. The minimum atomic E-state index is -3.02. The first-order valence-electron chi connectivity index (χ1n) is 11.9. The van der Waals surface area contributed by atoms with Gasteiger partial charge in [-0.15, -0.1) is 0 Å². The van der Waals surface area contributed by atoms with Crippen LogP contribution in [0.5, 0.6) is 0 Å². The third-order valence-electron chi connectivity index (χ3n) is 5.99. The molecule has 1 saturated heterocycles. The lowest BCUT2D eigenvalue weighted by molar-refractivity contribution is -0.117. The summed E-state index contributed by atoms with van der Waals surface area (Å²) in [6, 6.07) is 12.4. The van der Waals surface area contributed by atoms with Gasteiger partial charge in [0.25, 0.3) is 0 Å². The average Bonchev–Trinajstić information content (AvgIpc) is 2.76. The number of aliphatic imine (C=N–C) groups is 1. The largest absolute Gasteiger partial charge is 0.322 e. The smallest absolute Gasteiger partial charge is 0.238 e. The Kier molecular flexibility index (Phi) is 8.71. The molecule has 0 bridgehead atoms. The molecule has 3 N–H and O–H groups in total. The van der Waals surface area contributed by atoms with Crippen molar-refractivity contribution in [3.05, 3.63) is 65.0 Å². The van der Waals surface area contributed by atoms with Crippen LogP contribution < -0.4 is 5.32 Å². The van der Waals surface area contributed by atoms with Gasteiger partial charge in [-0.05, 0) is 54.8 Å². The van der Waals surface area contributed by atoms with E-state index in [0.717, 1.165) is 11.1 Å². The second-order valence-corrected chi connectivity index (χ2v) is 12.9. The first-order chi connectivity index (χ1) is 16.7. The second-order valence-electron chi connectivity index (χ2n) is 10.7. The van der Waals surface area contributed by atoms with Gasteiger partial charge in [0.15, 0.2) is 5.78 Å². The first-order valence-corrected chi connectivity index (χ1v) is 13.8. The number of hydrogen-bond donors (Lipinski definition) is 3. The Morgan fingerprint density at radius 1 is 1.17 bits per heavy atom. The minimum Gasteiger partial charge on any atom is -0.322 e. The lowest BCUT2D eigenvalue weighted by Crippen LogP contribution is -2.40. The molecule has 0 radical (unpaired) electrons. The number of carbonyl (C=O) groups excluding carboxylic acids is 2. The van der Waals surface area contributed by atoms with Crippen LogP contribution in [-0.2, 0) is 28.0 Å². The van der Waals surface area contributed by atoms with Gasteiger partial charge >= 0.3 is 0 Å². The fourth-order valence-corrected chi connectivity index (χ4v) is 5.83. The second kappa shape index (κ2) is 11.2. The third kappa shape index (κ3) is 7.70. The highest BCUT2D eigenvalue weighted by Gasteiger charge is 2.36. The van der Waals surface area contributed by atoms with E-state index in [2.05, 4.69) is 37.1 Å². The van der Waals surface area contributed by atoms with E-state index in [4.69, 9.17) is 0 Å². The van der Waals surface area contributed by atoms with Gasteiger partial charge in [-0.1, -0.05) is 51.1 Å². The quantitative estimate of drug-likeness (QED) is 0.492. The molecule has 1 atom stereocenters. The average molecular weight is 518 g/mol. The molecule has 0 aliphatic carbocycles. The van der Waals surface area contributed by atoms with Crippen LogP contribution in [0.1, 0.15) is 37.5 Å². The maximum atomic E-state index is 14.6. The van der Waals surface area contributed by atoms with Gasteiger partial charge in [-0.2, -0.15) is 10.6 Å². The Bertz CT molecular complexity index is 1160. The zero-order valence-corrected chi connectivity index (χ0v) is 22.4. The molecule has 1 heterocycles. The summed E-state index contributed by atoms with van der Waals surface area (Å²) in [5, 5.41) is 2.53. The molecule has 0 spiro atoms. The maximum absolute atomic E-state index is 14.6. The number of carbonyl (C=O) groups is 2. The molecule has 3 rings (SSSR count).